The van der Waals surface area contributed by atoms with Crippen molar-refractivity contribution >= 4 is 8.80 Å². The minimum Gasteiger partial charge on any atom is -0.0771 e. The molecule has 1 heteroatoms. The van der Waals surface area contributed by atoms with Gasteiger partial charge in [-0.15, -0.1) is 0 Å². The highest BCUT2D eigenvalue weighted by Gasteiger charge is 2.19. The van der Waals surface area contributed by atoms with Crippen LogP contribution in [0.15, 0.2) is 23.3 Å². The number of rotatable bonds is 4. The molecule has 1 atom stereocenters. The zero-order valence-corrected chi connectivity index (χ0v) is 10.4. The Morgan fingerprint density at radius 3 is 2.54 bits per heavy atom. The van der Waals surface area contributed by atoms with Crippen LogP contribution < -0.4 is 0 Å². The van der Waals surface area contributed by atoms with Crippen LogP contribution >= 0.6 is 0 Å². The summed E-state index contributed by atoms with van der Waals surface area (Å²) in [6.07, 6.45) is 8.87. The van der Waals surface area contributed by atoms with E-state index in [2.05, 4.69) is 39.1 Å². The molecule has 0 saturated carbocycles. The predicted molar refractivity (Wildman–Crippen MR) is 62.6 cm³/mol. The van der Waals surface area contributed by atoms with Crippen molar-refractivity contribution in [3.05, 3.63) is 23.3 Å². The van der Waals surface area contributed by atoms with Crippen molar-refractivity contribution in [1.82, 2.24) is 0 Å². The summed E-state index contributed by atoms with van der Waals surface area (Å²) in [6, 6.07) is 0. The molecule has 0 heterocycles. The van der Waals surface area contributed by atoms with Crippen LogP contribution in [0.4, 0.5) is 0 Å². The van der Waals surface area contributed by atoms with E-state index in [1.807, 2.05) is 0 Å². The van der Waals surface area contributed by atoms with E-state index in [0.29, 0.717) is 0 Å². The number of hydrogen-bond acceptors (Lipinski definition) is 0. The summed E-state index contributed by atoms with van der Waals surface area (Å²) < 4.78 is 0. The predicted octanol–water partition coefficient (Wildman–Crippen LogP) is 4.19. The van der Waals surface area contributed by atoms with Crippen LogP contribution in [0.5, 0.6) is 0 Å². The molecule has 73 valence electrons. The summed E-state index contributed by atoms with van der Waals surface area (Å²) in [5, 5.41) is 0. The summed E-state index contributed by atoms with van der Waals surface area (Å²) in [5.41, 5.74) is 4.01. The first-order valence-corrected chi connectivity index (χ1v) is 7.91. The van der Waals surface area contributed by atoms with Gasteiger partial charge in [0.05, 0.1) is 8.80 Å². The van der Waals surface area contributed by atoms with Crippen LogP contribution in [-0.4, -0.2) is 8.80 Å². The molecule has 0 spiro atoms. The summed E-state index contributed by atoms with van der Waals surface area (Å²) >= 11 is 0. The van der Waals surface area contributed by atoms with Crippen molar-refractivity contribution in [2.45, 2.75) is 51.7 Å². The van der Waals surface area contributed by atoms with Crippen molar-refractivity contribution in [3.63, 3.8) is 0 Å². The number of hydrogen-bond donors (Lipinski definition) is 0. The molecule has 0 aromatic carbocycles. The van der Waals surface area contributed by atoms with E-state index in [9.17, 15) is 0 Å². The fourth-order valence-electron chi connectivity index (χ4n) is 1.93. The highest BCUT2D eigenvalue weighted by molar-refractivity contribution is 6.59. The van der Waals surface area contributed by atoms with Crippen LogP contribution in [-0.2, 0) is 0 Å². The standard InChI is InChI=1S/C12H21Si/c1-5-6-7-11-8-10(2)12(9-11)13(3)4/h8-9,12H,5-7H2,1-4H3. The molecule has 0 fully saturated rings. The van der Waals surface area contributed by atoms with Crippen LogP contribution in [0, 0.1) is 0 Å². The lowest BCUT2D eigenvalue weighted by Gasteiger charge is -2.11. The molecule has 0 saturated heterocycles. The van der Waals surface area contributed by atoms with Gasteiger partial charge in [0.2, 0.25) is 0 Å². The van der Waals surface area contributed by atoms with Crippen molar-refractivity contribution in [1.29, 1.82) is 0 Å². The van der Waals surface area contributed by atoms with Crippen molar-refractivity contribution in [2.24, 2.45) is 0 Å². The fourth-order valence-corrected chi connectivity index (χ4v) is 3.48. The lowest BCUT2D eigenvalue weighted by molar-refractivity contribution is 0.798. The van der Waals surface area contributed by atoms with Crippen molar-refractivity contribution in [3.8, 4) is 0 Å². The minimum atomic E-state index is -0.163. The highest BCUT2D eigenvalue weighted by Crippen LogP contribution is 2.33. The molecular formula is C12H21Si. The molecule has 1 radical (unpaired) electrons. The molecule has 1 rings (SSSR count). The Morgan fingerprint density at radius 1 is 1.38 bits per heavy atom. The van der Waals surface area contributed by atoms with Gasteiger partial charge >= 0.3 is 0 Å². The maximum absolute atomic E-state index is 2.51. The zero-order valence-electron chi connectivity index (χ0n) is 9.35. The number of allylic oxidation sites excluding steroid dienone is 4. The first kappa shape index (κ1) is 10.8. The maximum atomic E-state index is 2.51. The molecule has 0 amide bonds. The van der Waals surface area contributed by atoms with Gasteiger partial charge in [0.15, 0.2) is 0 Å². The molecule has 0 nitrogen and oxygen atoms in total. The summed E-state index contributed by atoms with van der Waals surface area (Å²) in [7, 11) is -0.163. The molecule has 1 aliphatic rings. The van der Waals surface area contributed by atoms with E-state index < -0.39 is 0 Å². The normalized spacial score (nSPS) is 22.1. The first-order chi connectivity index (χ1) is 6.15. The van der Waals surface area contributed by atoms with Crippen molar-refractivity contribution < 1.29 is 0 Å². The average molecular weight is 193 g/mol. The largest absolute Gasteiger partial charge is 0.0771 e. The van der Waals surface area contributed by atoms with Gasteiger partial charge in [0.1, 0.15) is 0 Å². The van der Waals surface area contributed by atoms with Crippen LogP contribution in [0.1, 0.15) is 33.1 Å². The van der Waals surface area contributed by atoms with Gasteiger partial charge in [-0.1, -0.05) is 49.7 Å². The summed E-state index contributed by atoms with van der Waals surface area (Å²) in [6.45, 7) is 9.37. The lowest BCUT2D eigenvalue weighted by atomic mass is 10.1. The second-order valence-corrected chi connectivity index (χ2v) is 7.07. The van der Waals surface area contributed by atoms with E-state index >= 15 is 0 Å². The van der Waals surface area contributed by atoms with Crippen LogP contribution in [0.25, 0.3) is 0 Å². The van der Waals surface area contributed by atoms with Gasteiger partial charge < -0.3 is 0 Å². The maximum Gasteiger partial charge on any atom is 0.0543 e. The zero-order chi connectivity index (χ0) is 9.84. The molecule has 13 heavy (non-hydrogen) atoms. The average Bonchev–Trinajstić information content (AvgIpc) is 2.43. The quantitative estimate of drug-likeness (QED) is 0.587. The Morgan fingerprint density at radius 2 is 2.08 bits per heavy atom. The smallest absolute Gasteiger partial charge is 0.0543 e. The molecule has 0 bridgehead atoms. The Kier molecular flexibility index (Phi) is 3.98. The second kappa shape index (κ2) is 4.80. The van der Waals surface area contributed by atoms with E-state index in [1.54, 1.807) is 11.1 Å². The second-order valence-electron chi connectivity index (χ2n) is 4.29. The molecule has 0 aliphatic heterocycles. The van der Waals surface area contributed by atoms with E-state index in [-0.39, 0.29) is 8.80 Å². The Hall–Kier alpha value is -0.303. The number of unbranched alkanes of at least 4 members (excludes halogenated alkanes) is 1. The van der Waals surface area contributed by atoms with Gasteiger partial charge in [-0.2, -0.15) is 0 Å². The van der Waals surface area contributed by atoms with E-state index in [1.165, 1.54) is 19.3 Å². The molecule has 1 aliphatic carbocycles. The third-order valence-electron chi connectivity index (χ3n) is 2.73. The Labute approximate surface area is 84.3 Å². The third kappa shape index (κ3) is 2.83. The Bertz CT molecular complexity index is 223. The third-order valence-corrected chi connectivity index (χ3v) is 4.59. The summed E-state index contributed by atoms with van der Waals surface area (Å²) in [4.78, 5) is 0. The van der Waals surface area contributed by atoms with Gasteiger partial charge in [-0.05, 0) is 25.3 Å². The first-order valence-electron chi connectivity index (χ1n) is 5.34. The van der Waals surface area contributed by atoms with Gasteiger partial charge in [0.25, 0.3) is 0 Å². The van der Waals surface area contributed by atoms with E-state index in [4.69, 9.17) is 0 Å². The minimum absolute atomic E-state index is 0.163. The van der Waals surface area contributed by atoms with Crippen LogP contribution in [0.2, 0.25) is 18.6 Å². The monoisotopic (exact) mass is 193 g/mol. The molecule has 0 aromatic heterocycles. The SMILES string of the molecule is CCCCC1=CC([Si](C)C)C(C)=C1. The van der Waals surface area contributed by atoms with Crippen LogP contribution in [0.3, 0.4) is 0 Å². The molecule has 0 N–H and O–H groups in total. The van der Waals surface area contributed by atoms with E-state index in [0.717, 1.165) is 5.54 Å². The van der Waals surface area contributed by atoms with Crippen molar-refractivity contribution in [2.75, 3.05) is 0 Å². The molecule has 0 aromatic rings. The van der Waals surface area contributed by atoms with Gasteiger partial charge in [-0.3, -0.25) is 0 Å². The Balaban J connectivity index is 2.55. The lowest BCUT2D eigenvalue weighted by Crippen LogP contribution is -2.08. The molecule has 1 unspecified atom stereocenters. The highest BCUT2D eigenvalue weighted by atomic mass is 28.3. The topological polar surface area (TPSA) is 0 Å². The fraction of sp³-hybridized carbons (Fsp3) is 0.667. The van der Waals surface area contributed by atoms with Gasteiger partial charge in [0, 0.05) is 0 Å². The molecular weight excluding hydrogens is 172 g/mol. The van der Waals surface area contributed by atoms with Gasteiger partial charge in [-0.25, -0.2) is 0 Å². The summed E-state index contributed by atoms with van der Waals surface area (Å²) in [5.74, 6) is 0.